The fourth-order valence-corrected chi connectivity index (χ4v) is 6.53. The maximum atomic E-state index is 15.2. The van der Waals surface area contributed by atoms with E-state index in [1.165, 1.54) is 18.9 Å². The van der Waals surface area contributed by atoms with Crippen LogP contribution in [0.1, 0.15) is 44.2 Å². The van der Waals surface area contributed by atoms with Crippen molar-refractivity contribution < 1.29 is 13.7 Å². The van der Waals surface area contributed by atoms with Gasteiger partial charge in [0.2, 0.25) is 11.8 Å². The summed E-state index contributed by atoms with van der Waals surface area (Å²) < 4.78 is 28.0. The van der Waals surface area contributed by atoms with Gasteiger partial charge in [-0.1, -0.05) is 54.7 Å². The predicted octanol–water partition coefficient (Wildman–Crippen LogP) is 6.03. The van der Waals surface area contributed by atoms with E-state index in [9.17, 15) is 4.79 Å². The third kappa shape index (κ3) is 5.43. The first kappa shape index (κ1) is 27.7. The van der Waals surface area contributed by atoms with Crippen molar-refractivity contribution in [3.8, 4) is 22.8 Å². The Balaban J connectivity index is 1.46. The number of hydrogen-bond donors (Lipinski definition) is 1. The Hall–Kier alpha value is -4.09. The van der Waals surface area contributed by atoms with Gasteiger partial charge >= 0.3 is 5.76 Å². The molecule has 5 aromatic rings. The summed E-state index contributed by atoms with van der Waals surface area (Å²) in [5.41, 5.74) is 3.72. The maximum absolute atomic E-state index is 15.2. The van der Waals surface area contributed by atoms with Gasteiger partial charge in [0.05, 0.1) is 41.0 Å². The van der Waals surface area contributed by atoms with Crippen LogP contribution in [-0.4, -0.2) is 49.4 Å². The Bertz CT molecular complexity index is 1830. The maximum Gasteiger partial charge on any atom is 0.439 e. The first-order valence-electron chi connectivity index (χ1n) is 14.6. The molecule has 0 amide bonds. The Labute approximate surface area is 251 Å². The Morgan fingerprint density at radius 2 is 1.95 bits per heavy atom. The first-order valence-corrected chi connectivity index (χ1v) is 15.0. The number of nitrogens with zero attached hydrogens (tertiary/aromatic N) is 6. The molecular weight excluding hydrogens is 573 g/mol. The summed E-state index contributed by atoms with van der Waals surface area (Å²) in [4.78, 5) is 31.0. The van der Waals surface area contributed by atoms with E-state index in [0.29, 0.717) is 70.6 Å². The Morgan fingerprint density at radius 3 is 2.72 bits per heavy atom. The van der Waals surface area contributed by atoms with Gasteiger partial charge in [0.1, 0.15) is 11.5 Å². The quantitative estimate of drug-likeness (QED) is 0.250. The van der Waals surface area contributed by atoms with Crippen LogP contribution in [0.3, 0.4) is 0 Å². The predicted molar refractivity (Wildman–Crippen MR) is 160 cm³/mol. The summed E-state index contributed by atoms with van der Waals surface area (Å²) in [5, 5.41) is 4.34. The molecule has 12 heteroatoms. The van der Waals surface area contributed by atoms with Gasteiger partial charge < -0.3 is 14.2 Å². The zero-order chi connectivity index (χ0) is 29.5. The summed E-state index contributed by atoms with van der Waals surface area (Å²) in [7, 11) is 0. The van der Waals surface area contributed by atoms with Crippen LogP contribution in [0.2, 0.25) is 5.02 Å². The normalized spacial score (nSPS) is 21.0. The lowest BCUT2D eigenvalue weighted by atomic mass is 9.83. The van der Waals surface area contributed by atoms with Crippen molar-refractivity contribution in [3.63, 3.8) is 0 Å². The fourth-order valence-electron chi connectivity index (χ4n) is 6.36. The standard InChI is InChI=1S/C31H31ClFN7O3/c1-18-6-8-19(9-7-18)16-40-28-24(36-30(40)39-10-11-42-17-26(39)22-4-2-3-5-23(22)33)13-25(29-37-31(41)43-38-29)35-27(28)20-12-21(32)15-34-14-20/h2-5,12-15,18-19,26H,6-11,16-17H2,1H3,(H,37,38,41). The molecule has 1 N–H and O–H groups in total. The molecule has 0 bridgehead atoms. The molecular formula is C31H31ClFN7O3. The lowest BCUT2D eigenvalue weighted by molar-refractivity contribution is 0.0917. The number of nitrogens with one attached hydrogen (secondary N) is 1. The van der Waals surface area contributed by atoms with Crippen LogP contribution in [0.25, 0.3) is 33.8 Å². The number of H-pyrrole nitrogens is 1. The molecule has 2 fully saturated rings. The number of ether oxygens (including phenoxy) is 1. The molecule has 0 radical (unpaired) electrons. The zero-order valence-corrected chi connectivity index (χ0v) is 24.4. The zero-order valence-electron chi connectivity index (χ0n) is 23.7. The summed E-state index contributed by atoms with van der Waals surface area (Å²) in [5.74, 6) is 1.10. The van der Waals surface area contributed by atoms with Crippen molar-refractivity contribution in [2.45, 2.75) is 45.2 Å². The molecule has 1 saturated heterocycles. The lowest BCUT2D eigenvalue weighted by Crippen LogP contribution is -2.41. The number of halogens is 2. The van der Waals surface area contributed by atoms with Crippen molar-refractivity contribution in [2.24, 2.45) is 11.8 Å². The van der Waals surface area contributed by atoms with Crippen LogP contribution in [0.5, 0.6) is 0 Å². The number of pyridine rings is 2. The van der Waals surface area contributed by atoms with Gasteiger partial charge in [0.15, 0.2) is 0 Å². The number of hydrogen-bond acceptors (Lipinski definition) is 8. The largest absolute Gasteiger partial charge is 0.439 e. The summed E-state index contributed by atoms with van der Waals surface area (Å²) in [6, 6.07) is 10.1. The minimum Gasteiger partial charge on any atom is -0.377 e. The van der Waals surface area contributed by atoms with Crippen LogP contribution >= 0.6 is 11.6 Å². The molecule has 1 aliphatic carbocycles. The number of morpholine rings is 1. The monoisotopic (exact) mass is 603 g/mol. The van der Waals surface area contributed by atoms with Crippen molar-refractivity contribution >= 4 is 28.6 Å². The molecule has 43 heavy (non-hydrogen) atoms. The molecule has 7 rings (SSSR count). The van der Waals surface area contributed by atoms with Crippen molar-refractivity contribution in [2.75, 3.05) is 24.7 Å². The van der Waals surface area contributed by atoms with Crippen LogP contribution in [0.4, 0.5) is 10.3 Å². The van der Waals surface area contributed by atoms with E-state index in [4.69, 9.17) is 30.8 Å². The van der Waals surface area contributed by atoms with E-state index in [0.717, 1.165) is 24.9 Å². The lowest BCUT2D eigenvalue weighted by Gasteiger charge is -2.37. The van der Waals surface area contributed by atoms with E-state index >= 15 is 4.39 Å². The second kappa shape index (κ2) is 11.5. The van der Waals surface area contributed by atoms with Gasteiger partial charge in [-0.3, -0.25) is 14.5 Å². The van der Waals surface area contributed by atoms with Crippen LogP contribution < -0.4 is 10.7 Å². The smallest absolute Gasteiger partial charge is 0.377 e. The van der Waals surface area contributed by atoms with Crippen molar-refractivity contribution in [3.05, 3.63) is 75.7 Å². The highest BCUT2D eigenvalue weighted by molar-refractivity contribution is 6.30. The molecule has 0 spiro atoms. The number of aromatic amines is 1. The van der Waals surface area contributed by atoms with E-state index in [2.05, 4.69) is 31.5 Å². The van der Waals surface area contributed by atoms with Crippen molar-refractivity contribution in [1.82, 2.24) is 29.7 Å². The molecule has 1 aromatic carbocycles. The number of rotatable bonds is 6. The second-order valence-corrected chi connectivity index (χ2v) is 11.9. The van der Waals surface area contributed by atoms with Gasteiger partial charge in [-0.2, -0.15) is 0 Å². The third-order valence-corrected chi connectivity index (χ3v) is 8.80. The molecule has 5 heterocycles. The molecule has 10 nitrogen and oxygen atoms in total. The topological polar surface area (TPSA) is 115 Å². The molecule has 1 atom stereocenters. The average Bonchev–Trinajstić information content (AvgIpc) is 3.61. The summed E-state index contributed by atoms with van der Waals surface area (Å²) >= 11 is 6.40. The second-order valence-electron chi connectivity index (χ2n) is 11.5. The molecule has 2 aliphatic rings. The number of aromatic nitrogens is 6. The molecule has 1 aliphatic heterocycles. The van der Waals surface area contributed by atoms with Gasteiger partial charge in [0, 0.05) is 36.6 Å². The molecule has 1 saturated carbocycles. The van der Waals surface area contributed by atoms with E-state index in [1.807, 2.05) is 12.1 Å². The third-order valence-electron chi connectivity index (χ3n) is 8.59. The highest BCUT2D eigenvalue weighted by atomic mass is 35.5. The Kier molecular flexibility index (Phi) is 7.44. The number of benzene rings is 1. The molecule has 4 aromatic heterocycles. The minimum absolute atomic E-state index is 0.191. The summed E-state index contributed by atoms with van der Waals surface area (Å²) in [6.07, 6.45) is 7.85. The van der Waals surface area contributed by atoms with Crippen LogP contribution in [0, 0.1) is 17.7 Å². The highest BCUT2D eigenvalue weighted by Crippen LogP contribution is 2.39. The minimum atomic E-state index is -0.679. The first-order chi connectivity index (χ1) is 20.9. The van der Waals surface area contributed by atoms with Crippen LogP contribution in [-0.2, 0) is 11.3 Å². The van der Waals surface area contributed by atoms with Gasteiger partial charge in [-0.05, 0) is 42.9 Å². The number of fused-ring (bicyclic) bond motifs is 1. The van der Waals surface area contributed by atoms with Crippen molar-refractivity contribution in [1.29, 1.82) is 0 Å². The molecule has 222 valence electrons. The van der Waals surface area contributed by atoms with Crippen LogP contribution in [0.15, 0.2) is 58.1 Å². The summed E-state index contributed by atoms with van der Waals surface area (Å²) in [6.45, 7) is 4.40. The number of anilines is 1. The average molecular weight is 604 g/mol. The highest BCUT2D eigenvalue weighted by Gasteiger charge is 2.33. The van der Waals surface area contributed by atoms with Gasteiger partial charge in [-0.15, -0.1) is 0 Å². The SMILES string of the molecule is CC1CCC(Cn2c(N3CCOCC3c3ccccc3F)nc3cc(-c4noc(=O)[nH]4)nc(-c4cncc(Cl)c4)c32)CC1. The van der Waals surface area contributed by atoms with E-state index in [1.54, 1.807) is 30.6 Å². The van der Waals surface area contributed by atoms with E-state index < -0.39 is 5.76 Å². The Morgan fingerprint density at radius 1 is 1.12 bits per heavy atom. The number of imidazole rings is 1. The fraction of sp³-hybridized carbons (Fsp3) is 0.387. The molecule has 1 unspecified atom stereocenters. The van der Waals surface area contributed by atoms with E-state index in [-0.39, 0.29) is 17.7 Å². The van der Waals surface area contributed by atoms with Gasteiger partial charge in [-0.25, -0.2) is 19.2 Å². The van der Waals surface area contributed by atoms with Gasteiger partial charge in [0.25, 0.3) is 0 Å².